The SMILES string of the molecule is Cc1oc(C(=O)NN)cc1CSc1nc(N)cc(N)n1. The Morgan fingerprint density at radius 2 is 2.00 bits per heavy atom. The molecule has 2 aromatic rings. The van der Waals surface area contributed by atoms with Crippen molar-refractivity contribution in [2.45, 2.75) is 17.8 Å². The minimum Gasteiger partial charge on any atom is -0.456 e. The summed E-state index contributed by atoms with van der Waals surface area (Å²) >= 11 is 1.34. The third-order valence-corrected chi connectivity index (χ3v) is 3.37. The summed E-state index contributed by atoms with van der Waals surface area (Å²) in [5.74, 6) is 6.51. The molecule has 0 spiro atoms. The van der Waals surface area contributed by atoms with Gasteiger partial charge in [0.2, 0.25) is 0 Å². The topological polar surface area (TPSA) is 146 Å². The molecule has 9 heteroatoms. The number of furan rings is 1. The van der Waals surface area contributed by atoms with Gasteiger partial charge in [-0.15, -0.1) is 0 Å². The normalized spacial score (nSPS) is 10.5. The monoisotopic (exact) mass is 294 g/mol. The molecule has 2 heterocycles. The van der Waals surface area contributed by atoms with Gasteiger partial charge in [0.1, 0.15) is 17.4 Å². The fraction of sp³-hybridized carbons (Fsp3) is 0.182. The summed E-state index contributed by atoms with van der Waals surface area (Å²) in [6.07, 6.45) is 0. The van der Waals surface area contributed by atoms with Crippen molar-refractivity contribution in [2.75, 3.05) is 11.5 Å². The van der Waals surface area contributed by atoms with Gasteiger partial charge in [-0.25, -0.2) is 15.8 Å². The van der Waals surface area contributed by atoms with Crippen molar-refractivity contribution in [3.05, 3.63) is 29.2 Å². The van der Waals surface area contributed by atoms with E-state index in [4.69, 9.17) is 21.7 Å². The van der Waals surface area contributed by atoms with Crippen molar-refractivity contribution in [1.29, 1.82) is 0 Å². The average Bonchev–Trinajstić information content (AvgIpc) is 2.76. The molecule has 7 N–H and O–H groups in total. The Morgan fingerprint density at radius 1 is 1.35 bits per heavy atom. The first kappa shape index (κ1) is 14.2. The maximum absolute atomic E-state index is 11.3. The van der Waals surface area contributed by atoms with Crippen molar-refractivity contribution in [1.82, 2.24) is 15.4 Å². The highest BCUT2D eigenvalue weighted by Crippen LogP contribution is 2.25. The Hall–Kier alpha value is -2.26. The quantitative estimate of drug-likeness (QED) is 0.209. The molecule has 106 valence electrons. The van der Waals surface area contributed by atoms with Crippen LogP contribution in [0.25, 0.3) is 0 Å². The molecule has 0 bridgehead atoms. The van der Waals surface area contributed by atoms with Crippen LogP contribution >= 0.6 is 11.8 Å². The van der Waals surface area contributed by atoms with Crippen LogP contribution in [0.2, 0.25) is 0 Å². The van der Waals surface area contributed by atoms with Gasteiger partial charge < -0.3 is 15.9 Å². The number of rotatable bonds is 4. The summed E-state index contributed by atoms with van der Waals surface area (Å²) in [5, 5.41) is 0.466. The molecule has 0 aliphatic heterocycles. The van der Waals surface area contributed by atoms with Gasteiger partial charge in [0.05, 0.1) is 0 Å². The van der Waals surface area contributed by atoms with E-state index in [-0.39, 0.29) is 5.76 Å². The summed E-state index contributed by atoms with van der Waals surface area (Å²) in [6, 6.07) is 3.11. The zero-order valence-electron chi connectivity index (χ0n) is 10.7. The highest BCUT2D eigenvalue weighted by Gasteiger charge is 2.14. The molecule has 0 fully saturated rings. The lowest BCUT2D eigenvalue weighted by molar-refractivity contribution is 0.0924. The van der Waals surface area contributed by atoms with E-state index in [0.717, 1.165) is 5.56 Å². The van der Waals surface area contributed by atoms with Crippen molar-refractivity contribution < 1.29 is 9.21 Å². The van der Waals surface area contributed by atoms with E-state index in [9.17, 15) is 4.79 Å². The highest BCUT2D eigenvalue weighted by molar-refractivity contribution is 7.98. The number of nitrogens with two attached hydrogens (primary N) is 3. The molecule has 0 aromatic carbocycles. The summed E-state index contributed by atoms with van der Waals surface area (Å²) in [7, 11) is 0. The minimum absolute atomic E-state index is 0.161. The van der Waals surface area contributed by atoms with E-state index in [1.807, 2.05) is 5.43 Å². The molecule has 0 aliphatic rings. The molecule has 2 rings (SSSR count). The Labute approximate surface area is 119 Å². The first-order chi connectivity index (χ1) is 9.49. The predicted octanol–water partition coefficient (Wildman–Crippen LogP) is 0.438. The molecule has 0 radical (unpaired) electrons. The summed E-state index contributed by atoms with van der Waals surface area (Å²) in [5.41, 5.74) is 14.0. The number of nitrogens with one attached hydrogen (secondary N) is 1. The molecule has 0 atom stereocenters. The van der Waals surface area contributed by atoms with E-state index in [1.165, 1.54) is 17.8 Å². The first-order valence-electron chi connectivity index (χ1n) is 5.62. The lowest BCUT2D eigenvalue weighted by Crippen LogP contribution is -2.29. The maximum atomic E-state index is 11.3. The van der Waals surface area contributed by atoms with Gasteiger partial charge in [-0.2, -0.15) is 0 Å². The average molecular weight is 294 g/mol. The van der Waals surface area contributed by atoms with Crippen LogP contribution in [0, 0.1) is 6.92 Å². The van der Waals surface area contributed by atoms with E-state index < -0.39 is 5.91 Å². The van der Waals surface area contributed by atoms with E-state index in [0.29, 0.717) is 28.3 Å². The Morgan fingerprint density at radius 3 is 2.60 bits per heavy atom. The number of hydrazine groups is 1. The second kappa shape index (κ2) is 5.80. The van der Waals surface area contributed by atoms with Crippen LogP contribution in [0.15, 0.2) is 21.7 Å². The fourth-order valence-electron chi connectivity index (χ4n) is 1.51. The number of thioether (sulfide) groups is 1. The summed E-state index contributed by atoms with van der Waals surface area (Å²) < 4.78 is 5.31. The van der Waals surface area contributed by atoms with Gasteiger partial charge >= 0.3 is 5.91 Å². The molecule has 2 aromatic heterocycles. The van der Waals surface area contributed by atoms with Crippen LogP contribution in [-0.2, 0) is 5.75 Å². The maximum Gasteiger partial charge on any atom is 0.300 e. The van der Waals surface area contributed by atoms with Gasteiger partial charge in [0.25, 0.3) is 0 Å². The number of hydrogen-bond donors (Lipinski definition) is 4. The van der Waals surface area contributed by atoms with Crippen LogP contribution in [0.3, 0.4) is 0 Å². The lowest BCUT2D eigenvalue weighted by Gasteiger charge is -2.01. The third kappa shape index (κ3) is 3.19. The van der Waals surface area contributed by atoms with Crippen LogP contribution < -0.4 is 22.7 Å². The molecule has 20 heavy (non-hydrogen) atoms. The predicted molar refractivity (Wildman–Crippen MR) is 75.5 cm³/mol. The molecule has 0 saturated heterocycles. The third-order valence-electron chi connectivity index (χ3n) is 2.48. The van der Waals surface area contributed by atoms with Gasteiger partial charge in [0, 0.05) is 17.4 Å². The Balaban J connectivity index is 2.10. The van der Waals surface area contributed by atoms with Gasteiger partial charge in [0.15, 0.2) is 10.9 Å². The molecular formula is C11H14N6O2S. The minimum atomic E-state index is -0.478. The molecule has 0 unspecified atom stereocenters. The van der Waals surface area contributed by atoms with Crippen molar-refractivity contribution in [2.24, 2.45) is 5.84 Å². The number of aromatic nitrogens is 2. The zero-order valence-corrected chi connectivity index (χ0v) is 11.5. The van der Waals surface area contributed by atoms with E-state index in [2.05, 4.69) is 9.97 Å². The number of nitrogen functional groups attached to an aromatic ring is 3. The first-order valence-corrected chi connectivity index (χ1v) is 6.61. The smallest absolute Gasteiger partial charge is 0.300 e. The van der Waals surface area contributed by atoms with E-state index >= 15 is 0 Å². The number of amides is 1. The lowest BCUT2D eigenvalue weighted by atomic mass is 10.3. The van der Waals surface area contributed by atoms with E-state index in [1.54, 1.807) is 13.0 Å². The van der Waals surface area contributed by atoms with Gasteiger partial charge in [-0.05, 0) is 13.0 Å². The van der Waals surface area contributed by atoms with Crippen molar-refractivity contribution in [3.8, 4) is 0 Å². The summed E-state index contributed by atoms with van der Waals surface area (Å²) in [4.78, 5) is 19.5. The fourth-order valence-corrected chi connectivity index (χ4v) is 2.43. The van der Waals surface area contributed by atoms with Crippen LogP contribution in [0.5, 0.6) is 0 Å². The number of hydrogen-bond acceptors (Lipinski definition) is 8. The van der Waals surface area contributed by atoms with Crippen molar-refractivity contribution >= 4 is 29.3 Å². The standard InChI is InChI=1S/C11H14N6O2S/c1-5-6(2-7(19-5)10(18)17-14)4-20-11-15-8(12)3-9(13)16-11/h2-3H,4,14H2,1H3,(H,17,18)(H4,12,13,15,16). The molecular weight excluding hydrogens is 280 g/mol. The molecule has 8 nitrogen and oxygen atoms in total. The second-order valence-corrected chi connectivity index (χ2v) is 4.90. The Kier molecular flexibility index (Phi) is 4.11. The second-order valence-electron chi connectivity index (χ2n) is 3.95. The number of carbonyl (C=O) groups is 1. The molecule has 1 amide bonds. The number of aryl methyl sites for hydroxylation is 1. The van der Waals surface area contributed by atoms with Crippen LogP contribution in [0.1, 0.15) is 21.9 Å². The molecule has 0 saturated carbocycles. The number of carbonyl (C=O) groups excluding carboxylic acids is 1. The Bertz CT molecular complexity index is 622. The van der Waals surface area contributed by atoms with Crippen LogP contribution in [0.4, 0.5) is 11.6 Å². The number of nitrogens with zero attached hydrogens (tertiary/aromatic N) is 2. The highest BCUT2D eigenvalue weighted by atomic mass is 32.2. The largest absolute Gasteiger partial charge is 0.456 e. The zero-order chi connectivity index (χ0) is 14.7. The number of anilines is 2. The van der Waals surface area contributed by atoms with Gasteiger partial charge in [-0.1, -0.05) is 11.8 Å². The summed E-state index contributed by atoms with van der Waals surface area (Å²) in [6.45, 7) is 1.76. The molecule has 0 aliphatic carbocycles. The van der Waals surface area contributed by atoms with Gasteiger partial charge in [-0.3, -0.25) is 10.2 Å². The van der Waals surface area contributed by atoms with Crippen LogP contribution in [-0.4, -0.2) is 15.9 Å². The van der Waals surface area contributed by atoms with Crippen molar-refractivity contribution in [3.63, 3.8) is 0 Å².